The highest BCUT2D eigenvalue weighted by atomic mass is 35.5. The largest absolute Gasteiger partial charge is 0.200 e. The van der Waals surface area contributed by atoms with Gasteiger partial charge in [0.2, 0.25) is 0 Å². The van der Waals surface area contributed by atoms with Gasteiger partial charge in [-0.15, -0.1) is 0 Å². The second-order valence-corrected chi connectivity index (χ2v) is 5.21. The van der Waals surface area contributed by atoms with E-state index in [-0.39, 0.29) is 11.1 Å². The third kappa shape index (κ3) is 0.731. The minimum atomic E-state index is 0.0624. The Bertz CT molecular complexity index is 366. The number of hydrogen-bond donors (Lipinski definition) is 0. The van der Waals surface area contributed by atoms with Gasteiger partial charge in [0.15, 0.2) is 0 Å². The van der Waals surface area contributed by atoms with Gasteiger partial charge in [0, 0.05) is 0 Å². The van der Waals surface area contributed by atoms with Crippen LogP contribution < -0.4 is 0 Å². The van der Waals surface area contributed by atoms with Crippen LogP contribution in [0.25, 0.3) is 0 Å². The first-order chi connectivity index (χ1) is 6.59. The quantitative estimate of drug-likeness (QED) is 0.590. The standard InChI is InChI=1S/C12H14ClN/c1-11-7-8-12(2,14(11)13)10-6-4-3-5-9(10)11/h3-6H,7-8H2,1-2H3. The molecule has 0 N–H and O–H groups in total. The van der Waals surface area contributed by atoms with Crippen LogP contribution in [-0.2, 0) is 11.1 Å². The van der Waals surface area contributed by atoms with Crippen LogP contribution in [0.15, 0.2) is 24.3 Å². The van der Waals surface area contributed by atoms with Crippen molar-refractivity contribution in [3.63, 3.8) is 0 Å². The van der Waals surface area contributed by atoms with Crippen molar-refractivity contribution < 1.29 is 0 Å². The Morgan fingerprint density at radius 2 is 1.50 bits per heavy atom. The SMILES string of the molecule is CC12CCC(C)(c3ccccc31)N2Cl. The second-order valence-electron chi connectivity index (χ2n) is 4.87. The third-order valence-electron chi connectivity index (χ3n) is 4.05. The van der Waals surface area contributed by atoms with Crippen LogP contribution in [0.1, 0.15) is 37.8 Å². The fourth-order valence-corrected chi connectivity index (χ4v) is 3.48. The first kappa shape index (κ1) is 8.75. The molecule has 2 aliphatic heterocycles. The lowest BCUT2D eigenvalue weighted by atomic mass is 9.78. The molecule has 2 heterocycles. The Hall–Kier alpha value is -0.530. The van der Waals surface area contributed by atoms with E-state index in [9.17, 15) is 0 Å². The van der Waals surface area contributed by atoms with Gasteiger partial charge < -0.3 is 0 Å². The van der Waals surface area contributed by atoms with E-state index in [1.54, 1.807) is 0 Å². The highest BCUT2D eigenvalue weighted by molar-refractivity contribution is 6.15. The molecule has 1 aromatic carbocycles. The molecule has 1 nitrogen and oxygen atoms in total. The molecule has 74 valence electrons. The average molecular weight is 208 g/mol. The topological polar surface area (TPSA) is 3.24 Å². The maximum absolute atomic E-state index is 6.46. The Morgan fingerprint density at radius 3 is 1.93 bits per heavy atom. The van der Waals surface area contributed by atoms with Crippen LogP contribution in [0, 0.1) is 0 Å². The van der Waals surface area contributed by atoms with Gasteiger partial charge in [-0.05, 0) is 49.6 Å². The van der Waals surface area contributed by atoms with Crippen LogP contribution in [-0.4, -0.2) is 4.42 Å². The molecule has 2 aliphatic rings. The van der Waals surface area contributed by atoms with E-state index in [1.807, 2.05) is 4.42 Å². The molecule has 2 heteroatoms. The molecule has 0 saturated carbocycles. The number of hydrogen-bond acceptors (Lipinski definition) is 1. The predicted molar refractivity (Wildman–Crippen MR) is 58.1 cm³/mol. The number of rotatable bonds is 0. The maximum Gasteiger partial charge on any atom is 0.0596 e. The maximum atomic E-state index is 6.46. The third-order valence-corrected chi connectivity index (χ3v) is 4.80. The zero-order chi connectivity index (χ0) is 9.97. The van der Waals surface area contributed by atoms with Crippen molar-refractivity contribution in [1.29, 1.82) is 0 Å². The van der Waals surface area contributed by atoms with Crippen LogP contribution in [0.2, 0.25) is 0 Å². The summed E-state index contributed by atoms with van der Waals surface area (Å²) in [4.78, 5) is 0. The van der Waals surface area contributed by atoms with Crippen LogP contribution in [0.3, 0.4) is 0 Å². The zero-order valence-electron chi connectivity index (χ0n) is 8.55. The lowest BCUT2D eigenvalue weighted by Crippen LogP contribution is -2.32. The molecule has 1 saturated heterocycles. The molecule has 1 fully saturated rings. The van der Waals surface area contributed by atoms with Gasteiger partial charge in [0.1, 0.15) is 0 Å². The van der Waals surface area contributed by atoms with Gasteiger partial charge in [-0.1, -0.05) is 24.3 Å². The molecule has 0 aliphatic carbocycles. The van der Waals surface area contributed by atoms with E-state index in [1.165, 1.54) is 24.0 Å². The van der Waals surface area contributed by atoms with E-state index in [2.05, 4.69) is 38.1 Å². The summed E-state index contributed by atoms with van der Waals surface area (Å²) in [5.74, 6) is 0. The van der Waals surface area contributed by atoms with Gasteiger partial charge in [-0.3, -0.25) is 0 Å². The number of benzene rings is 1. The van der Waals surface area contributed by atoms with Crippen molar-refractivity contribution in [3.05, 3.63) is 35.4 Å². The van der Waals surface area contributed by atoms with E-state index in [0.717, 1.165) is 0 Å². The number of fused-ring (bicyclic) bond motifs is 5. The Morgan fingerprint density at radius 1 is 1.07 bits per heavy atom. The highest BCUT2D eigenvalue weighted by Crippen LogP contribution is 2.60. The van der Waals surface area contributed by atoms with Gasteiger partial charge in [-0.25, -0.2) is 0 Å². The van der Waals surface area contributed by atoms with Gasteiger partial charge in [0.25, 0.3) is 0 Å². The van der Waals surface area contributed by atoms with E-state index in [4.69, 9.17) is 11.8 Å². The molecular weight excluding hydrogens is 194 g/mol. The minimum absolute atomic E-state index is 0.0624. The van der Waals surface area contributed by atoms with E-state index >= 15 is 0 Å². The van der Waals surface area contributed by atoms with Crippen LogP contribution in [0.5, 0.6) is 0 Å². The molecule has 3 rings (SSSR count). The molecule has 0 aromatic heterocycles. The Balaban J connectivity index is 2.33. The summed E-state index contributed by atoms with van der Waals surface area (Å²) in [7, 11) is 0. The minimum Gasteiger partial charge on any atom is -0.200 e. The second kappa shape index (κ2) is 2.34. The summed E-state index contributed by atoms with van der Waals surface area (Å²) in [6.45, 7) is 4.49. The van der Waals surface area contributed by atoms with E-state index in [0.29, 0.717) is 0 Å². The molecule has 0 amide bonds. The summed E-state index contributed by atoms with van der Waals surface area (Å²) in [5.41, 5.74) is 2.97. The smallest absolute Gasteiger partial charge is 0.0596 e. The fourth-order valence-electron chi connectivity index (χ4n) is 3.13. The molecule has 14 heavy (non-hydrogen) atoms. The molecular formula is C12H14ClN. The fraction of sp³-hybridized carbons (Fsp3) is 0.500. The molecule has 0 spiro atoms. The van der Waals surface area contributed by atoms with Crippen molar-refractivity contribution in [2.75, 3.05) is 0 Å². The molecule has 0 radical (unpaired) electrons. The van der Waals surface area contributed by atoms with Crippen molar-refractivity contribution in [3.8, 4) is 0 Å². The van der Waals surface area contributed by atoms with E-state index < -0.39 is 0 Å². The summed E-state index contributed by atoms with van der Waals surface area (Å²) >= 11 is 6.46. The normalized spacial score (nSPS) is 40.2. The first-order valence-electron chi connectivity index (χ1n) is 5.15. The summed E-state index contributed by atoms with van der Waals surface area (Å²) in [6, 6.07) is 8.65. The Kier molecular flexibility index (Phi) is 1.46. The highest BCUT2D eigenvalue weighted by Gasteiger charge is 2.58. The average Bonchev–Trinajstić information content (AvgIpc) is 2.53. The van der Waals surface area contributed by atoms with Crippen molar-refractivity contribution in [2.45, 2.75) is 37.8 Å². The lowest BCUT2D eigenvalue weighted by molar-refractivity contribution is 0.208. The zero-order valence-corrected chi connectivity index (χ0v) is 9.30. The lowest BCUT2D eigenvalue weighted by Gasteiger charge is -2.28. The monoisotopic (exact) mass is 207 g/mol. The van der Waals surface area contributed by atoms with Crippen molar-refractivity contribution >= 4 is 11.8 Å². The molecule has 2 unspecified atom stereocenters. The summed E-state index contributed by atoms with van der Waals surface area (Å²) in [5, 5.41) is 0. The molecule has 2 atom stereocenters. The van der Waals surface area contributed by atoms with Gasteiger partial charge in [0.05, 0.1) is 11.1 Å². The Labute approximate surface area is 89.8 Å². The van der Waals surface area contributed by atoms with Crippen molar-refractivity contribution in [1.82, 2.24) is 4.42 Å². The summed E-state index contributed by atoms with van der Waals surface area (Å²) in [6.07, 6.45) is 2.34. The first-order valence-corrected chi connectivity index (χ1v) is 5.49. The van der Waals surface area contributed by atoms with Crippen molar-refractivity contribution in [2.24, 2.45) is 0 Å². The van der Waals surface area contributed by atoms with Crippen LogP contribution >= 0.6 is 11.8 Å². The summed E-state index contributed by atoms with van der Waals surface area (Å²) < 4.78 is 2.03. The van der Waals surface area contributed by atoms with Gasteiger partial charge in [-0.2, -0.15) is 4.42 Å². The number of halogens is 1. The number of nitrogens with zero attached hydrogens (tertiary/aromatic N) is 1. The van der Waals surface area contributed by atoms with Gasteiger partial charge >= 0.3 is 0 Å². The molecule has 1 aromatic rings. The molecule has 2 bridgehead atoms. The predicted octanol–water partition coefficient (Wildman–Crippen LogP) is 3.38. The van der Waals surface area contributed by atoms with Crippen LogP contribution in [0.4, 0.5) is 0 Å².